The maximum Gasteiger partial charge on any atom is 0.410 e. The van der Waals surface area contributed by atoms with E-state index in [0.29, 0.717) is 17.9 Å². The van der Waals surface area contributed by atoms with Gasteiger partial charge in [-0.25, -0.2) is 4.79 Å². The van der Waals surface area contributed by atoms with Crippen LogP contribution in [0.5, 0.6) is 0 Å². The normalized spacial score (nSPS) is 25.2. The predicted molar refractivity (Wildman–Crippen MR) is 248 cm³/mol. The zero-order chi connectivity index (χ0) is 38.2. The number of amides is 1. The Hall–Kier alpha value is -3.06. The van der Waals surface area contributed by atoms with E-state index in [1.807, 2.05) is 31.7 Å². The van der Waals surface area contributed by atoms with Crippen molar-refractivity contribution in [1.82, 2.24) is 10.2 Å². The molecule has 2 saturated heterocycles. The molecule has 6 atom stereocenters. The van der Waals surface area contributed by atoms with Gasteiger partial charge in [0.1, 0.15) is 5.60 Å². The lowest BCUT2D eigenvalue weighted by Gasteiger charge is -2.40. The maximum atomic E-state index is 12.0. The van der Waals surface area contributed by atoms with Crippen molar-refractivity contribution >= 4 is 61.5 Å². The van der Waals surface area contributed by atoms with Gasteiger partial charge in [0.15, 0.2) is 0 Å². The van der Waals surface area contributed by atoms with Crippen LogP contribution in [-0.4, -0.2) is 48.8 Å². The highest BCUT2D eigenvalue weighted by Crippen LogP contribution is 2.50. The molecule has 0 radical (unpaired) electrons. The largest absolute Gasteiger partial charge is 0.444 e. The minimum absolute atomic E-state index is 0. The van der Waals surface area contributed by atoms with Crippen LogP contribution < -0.4 is 11.1 Å². The van der Waals surface area contributed by atoms with Crippen molar-refractivity contribution in [3.63, 3.8) is 0 Å². The van der Waals surface area contributed by atoms with Crippen LogP contribution >= 0.6 is 37.2 Å². The molecule has 5 aliphatic rings. The van der Waals surface area contributed by atoms with E-state index in [1.165, 1.54) is 66.6 Å². The number of nitrogens with zero attached hydrogens (tertiary/aromatic N) is 1. The van der Waals surface area contributed by atoms with Gasteiger partial charge in [0, 0.05) is 19.1 Å². The number of carbonyl (C=O) groups is 1. The number of likely N-dealkylation sites (tertiary alicyclic amines) is 1. The third-order valence-electron chi connectivity index (χ3n) is 11.8. The van der Waals surface area contributed by atoms with E-state index in [1.54, 1.807) is 5.57 Å². The summed E-state index contributed by atoms with van der Waals surface area (Å²) in [6.45, 7) is 16.7. The summed E-state index contributed by atoms with van der Waals surface area (Å²) >= 11 is 0. The Morgan fingerprint density at radius 2 is 1.02 bits per heavy atom. The average Bonchev–Trinajstić information content (AvgIpc) is 4.01. The van der Waals surface area contributed by atoms with Gasteiger partial charge in [-0.3, -0.25) is 0 Å². The second kappa shape index (κ2) is 22.3. The van der Waals surface area contributed by atoms with Crippen LogP contribution in [0.3, 0.4) is 0 Å². The first-order valence-corrected chi connectivity index (χ1v) is 20.6. The SMILES string of the molecule is C/C(=C\c1ccccc1)C1CC1CC1CN(C(=O)OC(C)(C)C)C1.C/C(=C\c1ccccc1)C1CC1CC1CNC1.C/C(=C\c1ccccc1)C1CC1N.Cl.Cl.Cl. The zero-order valence-electron chi connectivity index (χ0n) is 34.9. The second-order valence-corrected chi connectivity index (χ2v) is 17.9. The van der Waals surface area contributed by atoms with E-state index in [0.717, 1.165) is 49.1 Å². The summed E-state index contributed by atoms with van der Waals surface area (Å²) in [5.41, 5.74) is 13.8. The molecule has 8 rings (SSSR count). The molecular weight excluding hydrogens is 769 g/mol. The molecule has 0 bridgehead atoms. The van der Waals surface area contributed by atoms with Crippen molar-refractivity contribution in [2.24, 2.45) is 47.2 Å². The van der Waals surface area contributed by atoms with E-state index in [-0.39, 0.29) is 43.3 Å². The topological polar surface area (TPSA) is 67.6 Å². The predicted octanol–water partition coefficient (Wildman–Crippen LogP) is 12.0. The molecule has 6 unspecified atom stereocenters. The second-order valence-electron chi connectivity index (χ2n) is 17.9. The smallest absolute Gasteiger partial charge is 0.410 e. The Morgan fingerprint density at radius 1 is 0.649 bits per heavy atom. The number of carbonyl (C=O) groups excluding carboxylic acids is 1. The Morgan fingerprint density at radius 3 is 1.35 bits per heavy atom. The number of ether oxygens (including phenoxy) is 1. The van der Waals surface area contributed by atoms with Crippen molar-refractivity contribution in [1.29, 1.82) is 0 Å². The van der Waals surface area contributed by atoms with Crippen molar-refractivity contribution < 1.29 is 9.53 Å². The summed E-state index contributed by atoms with van der Waals surface area (Å²) in [7, 11) is 0. The van der Waals surface area contributed by atoms with Crippen LogP contribution in [-0.2, 0) is 4.74 Å². The zero-order valence-corrected chi connectivity index (χ0v) is 37.4. The van der Waals surface area contributed by atoms with Gasteiger partial charge in [0.25, 0.3) is 0 Å². The first kappa shape index (κ1) is 48.3. The third-order valence-corrected chi connectivity index (χ3v) is 11.8. The molecule has 2 heterocycles. The number of nitrogens with one attached hydrogen (secondary N) is 1. The molecule has 0 spiro atoms. The fraction of sp³-hybridized carbons (Fsp3) is 0.490. The van der Waals surface area contributed by atoms with Crippen LogP contribution in [0.2, 0.25) is 0 Å². The van der Waals surface area contributed by atoms with Crippen LogP contribution in [0, 0.1) is 41.4 Å². The highest BCUT2D eigenvalue weighted by molar-refractivity contribution is 5.86. The number of hydrogen-bond donors (Lipinski definition) is 2. The molecule has 5 nitrogen and oxygen atoms in total. The number of allylic oxidation sites excluding steroid dienone is 2. The number of hydrogen-bond acceptors (Lipinski definition) is 4. The fourth-order valence-corrected chi connectivity index (χ4v) is 8.19. The molecule has 312 valence electrons. The van der Waals surface area contributed by atoms with Gasteiger partial charge in [-0.2, -0.15) is 0 Å². The molecule has 3 aliphatic carbocycles. The molecule has 57 heavy (non-hydrogen) atoms. The van der Waals surface area contributed by atoms with Crippen molar-refractivity contribution in [3.05, 3.63) is 124 Å². The van der Waals surface area contributed by atoms with E-state index in [9.17, 15) is 4.79 Å². The van der Waals surface area contributed by atoms with Gasteiger partial charge in [0.2, 0.25) is 0 Å². The molecular formula is C49H68Cl3N3O2. The van der Waals surface area contributed by atoms with E-state index >= 15 is 0 Å². The fourth-order valence-electron chi connectivity index (χ4n) is 8.19. The van der Waals surface area contributed by atoms with Crippen LogP contribution in [0.25, 0.3) is 18.2 Å². The molecule has 8 heteroatoms. The Labute approximate surface area is 362 Å². The van der Waals surface area contributed by atoms with Gasteiger partial charge in [-0.1, -0.05) is 126 Å². The van der Waals surface area contributed by atoms with Gasteiger partial charge < -0.3 is 20.7 Å². The highest BCUT2D eigenvalue weighted by Gasteiger charge is 2.43. The molecule has 3 N–H and O–H groups in total. The third kappa shape index (κ3) is 15.6. The minimum atomic E-state index is -0.400. The average molecular weight is 837 g/mol. The number of rotatable bonds is 10. The molecule has 3 saturated carbocycles. The number of nitrogens with two attached hydrogens (primary N) is 1. The van der Waals surface area contributed by atoms with Crippen LogP contribution in [0.4, 0.5) is 4.79 Å². The number of benzene rings is 3. The Balaban J connectivity index is 0.000000233. The molecule has 3 aromatic rings. The van der Waals surface area contributed by atoms with Crippen molar-refractivity contribution in [2.45, 2.75) is 85.3 Å². The Kier molecular flexibility index (Phi) is 18.9. The summed E-state index contributed by atoms with van der Waals surface area (Å²) < 4.78 is 5.41. The summed E-state index contributed by atoms with van der Waals surface area (Å²) in [6, 6.07) is 32.1. The first-order chi connectivity index (χ1) is 25.9. The van der Waals surface area contributed by atoms with E-state index in [4.69, 9.17) is 10.5 Å². The van der Waals surface area contributed by atoms with Gasteiger partial charge in [-0.05, 0) is 145 Å². The summed E-state index contributed by atoms with van der Waals surface area (Å²) in [4.78, 5) is 13.8. The lowest BCUT2D eigenvalue weighted by atomic mass is 9.93. The summed E-state index contributed by atoms with van der Waals surface area (Å²) in [5, 5.41) is 3.36. The maximum absolute atomic E-state index is 12.0. The Bertz CT molecular complexity index is 1750. The summed E-state index contributed by atoms with van der Waals surface area (Å²) in [6.07, 6.45) is 13.3. The van der Waals surface area contributed by atoms with Gasteiger partial charge in [-0.15, -0.1) is 37.2 Å². The lowest BCUT2D eigenvalue weighted by molar-refractivity contribution is -0.00302. The number of halogens is 3. The van der Waals surface area contributed by atoms with Crippen molar-refractivity contribution in [2.75, 3.05) is 26.2 Å². The molecule has 3 aromatic carbocycles. The van der Waals surface area contributed by atoms with Crippen molar-refractivity contribution in [3.8, 4) is 0 Å². The first-order valence-electron chi connectivity index (χ1n) is 20.6. The molecule has 2 aliphatic heterocycles. The lowest BCUT2D eigenvalue weighted by Crippen LogP contribution is -2.51. The standard InChI is InChI=1S/C21H29NO2.C16H21N.C12H15N.3ClH/c1-15(10-16-8-6-5-7-9-16)19-12-18(19)11-17-13-22(14-17)20(23)24-21(2,3)4;1-12(7-13-5-3-2-4-6-13)16-9-15(16)8-14-10-17-11-14;1-9(11-8-12(11)13)7-10-5-3-2-4-6-10;;;/h5-10,17-19H,11-14H2,1-4H3;2-7,14-17H,8-11H2,1H3;2-7,11-12H,8,13H2,1H3;3*1H/b15-10+;12-7+;9-7+;;;. The summed E-state index contributed by atoms with van der Waals surface area (Å²) in [5.74, 6) is 5.64. The van der Waals surface area contributed by atoms with Crippen LogP contribution in [0.1, 0.15) is 90.3 Å². The van der Waals surface area contributed by atoms with E-state index in [2.05, 4.69) is 129 Å². The van der Waals surface area contributed by atoms with Gasteiger partial charge >= 0.3 is 6.09 Å². The highest BCUT2D eigenvalue weighted by atomic mass is 35.5. The minimum Gasteiger partial charge on any atom is -0.444 e. The van der Waals surface area contributed by atoms with Crippen LogP contribution in [0.15, 0.2) is 108 Å². The monoisotopic (exact) mass is 835 g/mol. The molecule has 5 fully saturated rings. The quantitative estimate of drug-likeness (QED) is 0.213. The van der Waals surface area contributed by atoms with Gasteiger partial charge in [0.05, 0.1) is 0 Å². The molecule has 1 amide bonds. The van der Waals surface area contributed by atoms with E-state index < -0.39 is 5.60 Å². The molecule has 0 aromatic heterocycles.